The van der Waals surface area contributed by atoms with E-state index in [1.54, 1.807) is 18.4 Å². The SMILES string of the molecule is CCNCC(COC)OCCc1scnc1C. The lowest BCUT2D eigenvalue weighted by molar-refractivity contribution is 0.000817. The van der Waals surface area contributed by atoms with Gasteiger partial charge in [0, 0.05) is 25.0 Å². The van der Waals surface area contributed by atoms with Gasteiger partial charge in [-0.05, 0) is 13.5 Å². The zero-order valence-electron chi connectivity index (χ0n) is 10.9. The Balaban J connectivity index is 2.24. The molecule has 0 radical (unpaired) electrons. The van der Waals surface area contributed by atoms with Crippen LogP contribution in [0, 0.1) is 6.92 Å². The second kappa shape index (κ2) is 8.58. The summed E-state index contributed by atoms with van der Waals surface area (Å²) >= 11 is 1.69. The molecule has 1 heterocycles. The Bertz CT molecular complexity index is 304. The van der Waals surface area contributed by atoms with E-state index in [1.807, 2.05) is 12.4 Å². The third-order valence-electron chi connectivity index (χ3n) is 2.50. The van der Waals surface area contributed by atoms with Gasteiger partial charge in [0.15, 0.2) is 0 Å². The first kappa shape index (κ1) is 14.6. The molecule has 1 unspecified atom stereocenters. The summed E-state index contributed by atoms with van der Waals surface area (Å²) in [6, 6.07) is 0. The first-order valence-corrected chi connectivity index (χ1v) is 6.86. The number of aryl methyl sites for hydroxylation is 1. The van der Waals surface area contributed by atoms with E-state index < -0.39 is 0 Å². The van der Waals surface area contributed by atoms with Gasteiger partial charge < -0.3 is 14.8 Å². The number of ether oxygens (including phenoxy) is 2. The summed E-state index contributed by atoms with van der Waals surface area (Å²) in [5.41, 5.74) is 3.00. The van der Waals surface area contributed by atoms with Crippen LogP contribution in [0.4, 0.5) is 0 Å². The minimum Gasteiger partial charge on any atom is -0.382 e. The van der Waals surface area contributed by atoms with Crippen LogP contribution in [0.25, 0.3) is 0 Å². The minimum absolute atomic E-state index is 0.133. The number of likely N-dealkylation sites (N-methyl/N-ethyl adjacent to an activating group) is 1. The summed E-state index contributed by atoms with van der Waals surface area (Å²) in [6.07, 6.45) is 1.07. The van der Waals surface area contributed by atoms with Crippen LogP contribution < -0.4 is 5.32 Å². The molecule has 5 heteroatoms. The molecule has 0 saturated heterocycles. The second-order valence-corrected chi connectivity index (χ2v) is 4.81. The van der Waals surface area contributed by atoms with E-state index in [1.165, 1.54) is 4.88 Å². The largest absolute Gasteiger partial charge is 0.382 e. The summed E-state index contributed by atoms with van der Waals surface area (Å²) in [5.74, 6) is 0. The summed E-state index contributed by atoms with van der Waals surface area (Å²) in [5, 5.41) is 3.27. The van der Waals surface area contributed by atoms with Crippen molar-refractivity contribution in [2.24, 2.45) is 0 Å². The zero-order chi connectivity index (χ0) is 12.5. The molecule has 0 aliphatic carbocycles. The van der Waals surface area contributed by atoms with Crippen LogP contribution >= 0.6 is 11.3 Å². The van der Waals surface area contributed by atoms with Gasteiger partial charge in [0.1, 0.15) is 0 Å². The molecular formula is C12H22N2O2S. The van der Waals surface area contributed by atoms with Crippen LogP contribution in [-0.4, -0.2) is 44.5 Å². The van der Waals surface area contributed by atoms with Crippen molar-refractivity contribution in [3.63, 3.8) is 0 Å². The maximum atomic E-state index is 5.80. The lowest BCUT2D eigenvalue weighted by Gasteiger charge is -2.17. The number of rotatable bonds is 9. The zero-order valence-corrected chi connectivity index (χ0v) is 11.7. The highest BCUT2D eigenvalue weighted by atomic mass is 32.1. The third-order valence-corrected chi connectivity index (χ3v) is 3.50. The van der Waals surface area contributed by atoms with Crippen LogP contribution in [0.3, 0.4) is 0 Å². The average Bonchev–Trinajstić information content (AvgIpc) is 2.72. The molecular weight excluding hydrogens is 236 g/mol. The van der Waals surface area contributed by atoms with Gasteiger partial charge in [-0.25, -0.2) is 4.98 Å². The van der Waals surface area contributed by atoms with Crippen LogP contribution in [-0.2, 0) is 15.9 Å². The molecule has 17 heavy (non-hydrogen) atoms. The topological polar surface area (TPSA) is 43.4 Å². The van der Waals surface area contributed by atoms with Crippen LogP contribution in [0.1, 0.15) is 17.5 Å². The van der Waals surface area contributed by atoms with E-state index in [0.29, 0.717) is 6.61 Å². The Kier molecular flexibility index (Phi) is 7.35. The number of nitrogens with one attached hydrogen (secondary N) is 1. The Morgan fingerprint density at radius 1 is 1.53 bits per heavy atom. The highest BCUT2D eigenvalue weighted by Gasteiger charge is 2.09. The molecule has 98 valence electrons. The lowest BCUT2D eigenvalue weighted by atomic mass is 10.3. The van der Waals surface area contributed by atoms with Gasteiger partial charge in [-0.1, -0.05) is 6.92 Å². The fraction of sp³-hybridized carbons (Fsp3) is 0.750. The minimum atomic E-state index is 0.133. The predicted molar refractivity (Wildman–Crippen MR) is 70.7 cm³/mol. The molecule has 0 spiro atoms. The fourth-order valence-electron chi connectivity index (χ4n) is 1.54. The average molecular weight is 258 g/mol. The van der Waals surface area contributed by atoms with Crippen molar-refractivity contribution in [2.75, 3.05) is 33.4 Å². The number of hydrogen-bond donors (Lipinski definition) is 1. The summed E-state index contributed by atoms with van der Waals surface area (Å²) < 4.78 is 10.9. The summed E-state index contributed by atoms with van der Waals surface area (Å²) in [7, 11) is 1.70. The van der Waals surface area contributed by atoms with Crippen LogP contribution in [0.15, 0.2) is 5.51 Å². The Labute approximate surface area is 107 Å². The lowest BCUT2D eigenvalue weighted by Crippen LogP contribution is -2.33. The quantitative estimate of drug-likeness (QED) is 0.731. The van der Waals surface area contributed by atoms with E-state index in [0.717, 1.165) is 31.8 Å². The molecule has 0 aliphatic rings. The van der Waals surface area contributed by atoms with Crippen LogP contribution in [0.2, 0.25) is 0 Å². The van der Waals surface area contributed by atoms with Gasteiger partial charge in [-0.15, -0.1) is 11.3 Å². The van der Waals surface area contributed by atoms with Gasteiger partial charge in [0.25, 0.3) is 0 Å². The molecule has 1 aromatic rings. The predicted octanol–water partition coefficient (Wildman–Crippen LogP) is 1.64. The van der Waals surface area contributed by atoms with Gasteiger partial charge in [0.2, 0.25) is 0 Å². The van der Waals surface area contributed by atoms with Crippen molar-refractivity contribution in [3.05, 3.63) is 16.1 Å². The monoisotopic (exact) mass is 258 g/mol. The molecule has 1 rings (SSSR count). The van der Waals surface area contributed by atoms with Crippen molar-refractivity contribution < 1.29 is 9.47 Å². The molecule has 4 nitrogen and oxygen atoms in total. The van der Waals surface area contributed by atoms with Crippen molar-refractivity contribution in [3.8, 4) is 0 Å². The maximum Gasteiger partial charge on any atom is 0.0932 e. The van der Waals surface area contributed by atoms with E-state index in [-0.39, 0.29) is 6.10 Å². The van der Waals surface area contributed by atoms with Gasteiger partial charge in [-0.2, -0.15) is 0 Å². The van der Waals surface area contributed by atoms with Crippen molar-refractivity contribution in [1.29, 1.82) is 0 Å². The Morgan fingerprint density at radius 3 is 2.94 bits per heavy atom. The third kappa shape index (κ3) is 5.59. The highest BCUT2D eigenvalue weighted by Crippen LogP contribution is 2.12. The van der Waals surface area contributed by atoms with Crippen molar-refractivity contribution >= 4 is 11.3 Å². The molecule has 0 fully saturated rings. The number of methoxy groups -OCH3 is 1. The Morgan fingerprint density at radius 2 is 2.35 bits per heavy atom. The van der Waals surface area contributed by atoms with Crippen molar-refractivity contribution in [1.82, 2.24) is 10.3 Å². The fourth-order valence-corrected chi connectivity index (χ4v) is 2.30. The second-order valence-electron chi connectivity index (χ2n) is 3.87. The molecule has 1 N–H and O–H groups in total. The molecule has 0 amide bonds. The number of hydrogen-bond acceptors (Lipinski definition) is 5. The smallest absolute Gasteiger partial charge is 0.0932 e. The molecule has 1 aromatic heterocycles. The van der Waals surface area contributed by atoms with E-state index in [2.05, 4.69) is 17.2 Å². The Hall–Kier alpha value is -0.490. The van der Waals surface area contributed by atoms with Crippen molar-refractivity contribution in [2.45, 2.75) is 26.4 Å². The first-order valence-electron chi connectivity index (χ1n) is 5.98. The van der Waals surface area contributed by atoms with Gasteiger partial charge >= 0.3 is 0 Å². The maximum absolute atomic E-state index is 5.80. The number of aromatic nitrogens is 1. The normalized spacial score (nSPS) is 12.9. The molecule has 0 saturated carbocycles. The summed E-state index contributed by atoms with van der Waals surface area (Å²) in [4.78, 5) is 5.54. The van der Waals surface area contributed by atoms with Gasteiger partial charge in [-0.3, -0.25) is 0 Å². The van der Waals surface area contributed by atoms with Crippen LogP contribution in [0.5, 0.6) is 0 Å². The molecule has 1 atom stereocenters. The molecule has 0 bridgehead atoms. The van der Waals surface area contributed by atoms with E-state index in [4.69, 9.17) is 9.47 Å². The van der Waals surface area contributed by atoms with Gasteiger partial charge in [0.05, 0.1) is 30.5 Å². The number of nitrogens with zero attached hydrogens (tertiary/aromatic N) is 1. The first-order chi connectivity index (χ1) is 8.27. The molecule has 0 aromatic carbocycles. The standard InChI is InChI=1S/C12H22N2O2S/c1-4-13-7-11(8-15-3)16-6-5-12-10(2)14-9-17-12/h9,11,13H,4-8H2,1-3H3. The molecule has 0 aliphatic heterocycles. The summed E-state index contributed by atoms with van der Waals surface area (Å²) in [6.45, 7) is 7.28. The highest BCUT2D eigenvalue weighted by molar-refractivity contribution is 7.09. The van der Waals surface area contributed by atoms with E-state index in [9.17, 15) is 0 Å². The number of thiazole rings is 1. The van der Waals surface area contributed by atoms with E-state index >= 15 is 0 Å².